The molecular formula is C14H22ClN3O2. The summed E-state index contributed by atoms with van der Waals surface area (Å²) < 4.78 is 1.66. The number of hydrogen-bond acceptors (Lipinski definition) is 3. The van der Waals surface area contributed by atoms with Crippen LogP contribution in [0.5, 0.6) is 0 Å². The first-order valence-corrected chi connectivity index (χ1v) is 7.41. The molecule has 0 spiro atoms. The van der Waals surface area contributed by atoms with Crippen LogP contribution in [0.2, 0.25) is 5.02 Å². The fraction of sp³-hybridized carbons (Fsp3) is 0.714. The maximum absolute atomic E-state index is 12.5. The lowest BCUT2D eigenvalue weighted by Gasteiger charge is -2.37. The molecule has 1 fully saturated rings. The maximum atomic E-state index is 12.5. The first kappa shape index (κ1) is 15.3. The highest BCUT2D eigenvalue weighted by atomic mass is 35.5. The molecule has 1 aromatic heterocycles. The predicted molar refractivity (Wildman–Crippen MR) is 77.7 cm³/mol. The first-order valence-electron chi connectivity index (χ1n) is 7.03. The molecule has 1 amide bonds. The van der Waals surface area contributed by atoms with Crippen molar-refractivity contribution in [1.29, 1.82) is 0 Å². The number of halogens is 1. The largest absolute Gasteiger partial charge is 0.396 e. The minimum absolute atomic E-state index is 0.0397. The topological polar surface area (TPSA) is 58.4 Å². The SMILES string of the molecule is Cc1nn(CC(=O)N2CC(CO)CCC2C)c(C)c1Cl. The highest BCUT2D eigenvalue weighted by molar-refractivity contribution is 6.31. The zero-order valence-corrected chi connectivity index (χ0v) is 13.0. The van der Waals surface area contributed by atoms with Crippen molar-refractivity contribution >= 4 is 17.5 Å². The number of nitrogens with zero attached hydrogens (tertiary/aromatic N) is 3. The number of rotatable bonds is 3. The molecule has 1 aromatic rings. The van der Waals surface area contributed by atoms with Gasteiger partial charge in [-0.15, -0.1) is 0 Å². The Morgan fingerprint density at radius 3 is 2.70 bits per heavy atom. The van der Waals surface area contributed by atoms with E-state index in [9.17, 15) is 9.90 Å². The van der Waals surface area contributed by atoms with Crippen LogP contribution in [-0.2, 0) is 11.3 Å². The zero-order valence-electron chi connectivity index (χ0n) is 12.3. The number of carbonyl (C=O) groups excluding carboxylic acids is 1. The van der Waals surface area contributed by atoms with Crippen molar-refractivity contribution < 1.29 is 9.90 Å². The molecule has 0 aromatic carbocycles. The molecule has 0 bridgehead atoms. The van der Waals surface area contributed by atoms with Crippen LogP contribution in [0.15, 0.2) is 0 Å². The van der Waals surface area contributed by atoms with Crippen molar-refractivity contribution in [2.75, 3.05) is 13.2 Å². The van der Waals surface area contributed by atoms with E-state index in [2.05, 4.69) is 12.0 Å². The number of piperidine rings is 1. The van der Waals surface area contributed by atoms with Gasteiger partial charge in [0.15, 0.2) is 0 Å². The van der Waals surface area contributed by atoms with Crippen LogP contribution in [0.4, 0.5) is 0 Å². The molecule has 1 saturated heterocycles. The quantitative estimate of drug-likeness (QED) is 0.925. The Hall–Kier alpha value is -1.07. The highest BCUT2D eigenvalue weighted by Gasteiger charge is 2.29. The number of carbonyl (C=O) groups is 1. The summed E-state index contributed by atoms with van der Waals surface area (Å²) in [5, 5.41) is 14.2. The van der Waals surface area contributed by atoms with Gasteiger partial charge in [-0.3, -0.25) is 9.48 Å². The van der Waals surface area contributed by atoms with Crippen LogP contribution in [0.1, 0.15) is 31.2 Å². The number of aliphatic hydroxyl groups excluding tert-OH is 1. The van der Waals surface area contributed by atoms with E-state index >= 15 is 0 Å². The number of aromatic nitrogens is 2. The summed E-state index contributed by atoms with van der Waals surface area (Å²) in [7, 11) is 0. The summed E-state index contributed by atoms with van der Waals surface area (Å²) in [6.45, 7) is 6.74. The van der Waals surface area contributed by atoms with Gasteiger partial charge in [0.1, 0.15) is 6.54 Å². The Morgan fingerprint density at radius 1 is 1.45 bits per heavy atom. The lowest BCUT2D eigenvalue weighted by molar-refractivity contribution is -0.136. The summed E-state index contributed by atoms with van der Waals surface area (Å²) in [6.07, 6.45) is 1.92. The number of aliphatic hydroxyl groups is 1. The van der Waals surface area contributed by atoms with Crippen LogP contribution in [-0.4, -0.2) is 44.9 Å². The minimum atomic E-state index is 0.0397. The molecule has 0 radical (unpaired) electrons. The van der Waals surface area contributed by atoms with E-state index in [1.54, 1.807) is 4.68 Å². The van der Waals surface area contributed by atoms with Gasteiger partial charge < -0.3 is 10.0 Å². The Bertz CT molecular complexity index is 501. The van der Waals surface area contributed by atoms with Gasteiger partial charge in [0, 0.05) is 19.2 Å². The van der Waals surface area contributed by atoms with Crippen LogP contribution in [0, 0.1) is 19.8 Å². The average Bonchev–Trinajstić information content (AvgIpc) is 2.67. The molecule has 2 unspecified atom stereocenters. The van der Waals surface area contributed by atoms with Gasteiger partial charge in [-0.05, 0) is 39.5 Å². The van der Waals surface area contributed by atoms with E-state index in [-0.39, 0.29) is 31.0 Å². The molecule has 112 valence electrons. The monoisotopic (exact) mass is 299 g/mol. The second kappa shape index (κ2) is 6.14. The third-order valence-corrected chi connectivity index (χ3v) is 4.68. The maximum Gasteiger partial charge on any atom is 0.244 e. The van der Waals surface area contributed by atoms with Gasteiger partial charge >= 0.3 is 0 Å². The number of amides is 1. The van der Waals surface area contributed by atoms with E-state index in [4.69, 9.17) is 11.6 Å². The van der Waals surface area contributed by atoms with E-state index in [1.165, 1.54) is 0 Å². The number of likely N-dealkylation sites (tertiary alicyclic amines) is 1. The van der Waals surface area contributed by atoms with Crippen molar-refractivity contribution in [3.05, 3.63) is 16.4 Å². The molecule has 2 rings (SSSR count). The molecular weight excluding hydrogens is 278 g/mol. The molecule has 6 heteroatoms. The number of hydrogen-bond donors (Lipinski definition) is 1. The van der Waals surface area contributed by atoms with Crippen LogP contribution < -0.4 is 0 Å². The summed E-state index contributed by atoms with van der Waals surface area (Å²) in [6, 6.07) is 0.220. The van der Waals surface area contributed by atoms with Crippen molar-refractivity contribution in [3.63, 3.8) is 0 Å². The van der Waals surface area contributed by atoms with Crippen molar-refractivity contribution in [3.8, 4) is 0 Å². The highest BCUT2D eigenvalue weighted by Crippen LogP contribution is 2.23. The molecule has 1 aliphatic heterocycles. The van der Waals surface area contributed by atoms with E-state index in [1.807, 2.05) is 18.7 Å². The van der Waals surface area contributed by atoms with Crippen LogP contribution in [0.25, 0.3) is 0 Å². The Labute approximate surface area is 124 Å². The molecule has 1 aliphatic rings. The van der Waals surface area contributed by atoms with Gasteiger partial charge in [0.25, 0.3) is 0 Å². The van der Waals surface area contributed by atoms with Crippen molar-refractivity contribution in [1.82, 2.24) is 14.7 Å². The van der Waals surface area contributed by atoms with Gasteiger partial charge in [-0.1, -0.05) is 11.6 Å². The zero-order chi connectivity index (χ0) is 14.9. The summed E-state index contributed by atoms with van der Waals surface area (Å²) in [5.74, 6) is 0.233. The summed E-state index contributed by atoms with van der Waals surface area (Å²) in [5.41, 5.74) is 1.57. The molecule has 5 nitrogen and oxygen atoms in total. The van der Waals surface area contributed by atoms with Crippen LogP contribution >= 0.6 is 11.6 Å². The Balaban J connectivity index is 2.08. The smallest absolute Gasteiger partial charge is 0.244 e. The van der Waals surface area contributed by atoms with Gasteiger partial charge in [-0.2, -0.15) is 5.10 Å². The average molecular weight is 300 g/mol. The summed E-state index contributed by atoms with van der Waals surface area (Å²) >= 11 is 6.10. The molecule has 0 saturated carbocycles. The fourth-order valence-electron chi connectivity index (χ4n) is 2.73. The Morgan fingerprint density at radius 2 is 2.15 bits per heavy atom. The standard InChI is InChI=1S/C14H22ClN3O2/c1-9-4-5-12(8-19)6-17(9)13(20)7-18-11(3)14(15)10(2)16-18/h9,12,19H,4-8H2,1-3H3. The third-order valence-electron chi connectivity index (χ3n) is 4.14. The van der Waals surface area contributed by atoms with Crippen LogP contribution in [0.3, 0.4) is 0 Å². The molecule has 0 aliphatic carbocycles. The lowest BCUT2D eigenvalue weighted by Crippen LogP contribution is -2.47. The van der Waals surface area contributed by atoms with E-state index < -0.39 is 0 Å². The van der Waals surface area contributed by atoms with Crippen molar-refractivity contribution in [2.24, 2.45) is 5.92 Å². The van der Waals surface area contributed by atoms with Gasteiger partial charge in [-0.25, -0.2) is 0 Å². The van der Waals surface area contributed by atoms with Gasteiger partial charge in [0.2, 0.25) is 5.91 Å². The normalized spacial score (nSPS) is 23.1. The molecule has 20 heavy (non-hydrogen) atoms. The van der Waals surface area contributed by atoms with E-state index in [0.717, 1.165) is 24.2 Å². The van der Waals surface area contributed by atoms with E-state index in [0.29, 0.717) is 11.6 Å². The second-order valence-electron chi connectivity index (χ2n) is 5.66. The second-order valence-corrected chi connectivity index (χ2v) is 6.04. The lowest BCUT2D eigenvalue weighted by atomic mass is 9.94. The molecule has 2 atom stereocenters. The first-order chi connectivity index (χ1) is 9.43. The predicted octanol–water partition coefficient (Wildman–Crippen LogP) is 1.77. The van der Waals surface area contributed by atoms with Crippen molar-refractivity contribution in [2.45, 2.75) is 46.2 Å². The minimum Gasteiger partial charge on any atom is -0.396 e. The van der Waals surface area contributed by atoms with Gasteiger partial charge in [0.05, 0.1) is 16.4 Å². The summed E-state index contributed by atoms with van der Waals surface area (Å²) in [4.78, 5) is 14.3. The molecule has 1 N–H and O–H groups in total. The Kier molecular flexibility index (Phi) is 4.70. The fourth-order valence-corrected chi connectivity index (χ4v) is 2.86. The third kappa shape index (κ3) is 2.99. The molecule has 2 heterocycles. The number of aryl methyl sites for hydroxylation is 1.